The van der Waals surface area contributed by atoms with Crippen molar-refractivity contribution in [2.24, 2.45) is 5.92 Å². The first-order chi connectivity index (χ1) is 19.4. The minimum absolute atomic E-state index is 0.0273. The summed E-state index contributed by atoms with van der Waals surface area (Å²) in [6, 6.07) is 2.95. The van der Waals surface area contributed by atoms with E-state index in [0.717, 1.165) is 51.0 Å². The molecule has 4 fully saturated rings. The van der Waals surface area contributed by atoms with Gasteiger partial charge < -0.3 is 19.6 Å². The predicted octanol–water partition coefficient (Wildman–Crippen LogP) is 3.69. The predicted molar refractivity (Wildman–Crippen MR) is 144 cm³/mol. The number of halogens is 4. The number of hydrogen-bond acceptors (Lipinski definition) is 6. The van der Waals surface area contributed by atoms with E-state index in [9.17, 15) is 27.2 Å². The lowest BCUT2D eigenvalue weighted by atomic mass is 9.85. The Morgan fingerprint density at radius 2 is 1.78 bits per heavy atom. The zero-order valence-electron chi connectivity index (χ0n) is 23.7. The first kappa shape index (κ1) is 30.0. The zero-order valence-corrected chi connectivity index (χ0v) is 23.7. The molecule has 0 bridgehead atoms. The van der Waals surface area contributed by atoms with Crippen molar-refractivity contribution in [2.75, 3.05) is 57.3 Å². The van der Waals surface area contributed by atoms with Crippen LogP contribution < -0.4 is 4.90 Å². The molecule has 1 aromatic rings. The highest BCUT2D eigenvalue weighted by atomic mass is 19.4. The van der Waals surface area contributed by atoms with Gasteiger partial charge in [0.2, 0.25) is 0 Å². The molecule has 1 aliphatic carbocycles. The molecule has 0 spiro atoms. The van der Waals surface area contributed by atoms with Crippen molar-refractivity contribution in [3.63, 3.8) is 0 Å². The topological polar surface area (TPSA) is 76.6 Å². The van der Waals surface area contributed by atoms with Gasteiger partial charge in [-0.2, -0.15) is 13.2 Å². The maximum Gasteiger partial charge on any atom is 0.416 e. The van der Waals surface area contributed by atoms with Gasteiger partial charge in [-0.3, -0.25) is 19.4 Å². The van der Waals surface area contributed by atoms with Crippen LogP contribution in [0.4, 0.5) is 23.2 Å². The molecule has 1 amide bonds. The largest absolute Gasteiger partial charge is 0.481 e. The summed E-state index contributed by atoms with van der Waals surface area (Å²) in [5.74, 6) is -1.58. The standard InChI is InChI=1S/C29H40F4N4O4/c1-19(13-26(38)39)37-12-11-36(17-20(37)2)24-5-6-28(41-18-24,21-3-4-21)27(40)35-9-7-34(8-10-35)25-15-22(29(31,32)33)14-23(30)16-25/h14-16,19-21,24H,3-13,17-18H2,1-2H3,(H,38,39)/t19-,20-,24+,28-/m0/s1. The molecule has 0 radical (unpaired) electrons. The summed E-state index contributed by atoms with van der Waals surface area (Å²) in [4.78, 5) is 33.2. The Kier molecular flexibility index (Phi) is 8.56. The van der Waals surface area contributed by atoms with Gasteiger partial charge in [0, 0.05) is 69.6 Å². The third kappa shape index (κ3) is 6.49. The molecular weight excluding hydrogens is 544 g/mol. The molecule has 1 aromatic carbocycles. The number of carboxylic acid groups (broad SMARTS) is 1. The van der Waals surface area contributed by atoms with E-state index in [1.807, 2.05) is 6.92 Å². The second-order valence-electron chi connectivity index (χ2n) is 12.2. The van der Waals surface area contributed by atoms with Crippen LogP contribution in [-0.2, 0) is 20.5 Å². The summed E-state index contributed by atoms with van der Waals surface area (Å²) < 4.78 is 60.0. The Morgan fingerprint density at radius 3 is 2.34 bits per heavy atom. The van der Waals surface area contributed by atoms with E-state index in [1.165, 1.54) is 0 Å². The molecule has 228 valence electrons. The molecule has 4 aliphatic rings. The van der Waals surface area contributed by atoms with Crippen LogP contribution in [0.2, 0.25) is 0 Å². The van der Waals surface area contributed by atoms with E-state index in [0.29, 0.717) is 45.3 Å². The van der Waals surface area contributed by atoms with Crippen LogP contribution in [0.5, 0.6) is 0 Å². The quantitative estimate of drug-likeness (QED) is 0.490. The number of ether oxygens (including phenoxy) is 1. The third-order valence-corrected chi connectivity index (χ3v) is 9.39. The van der Waals surface area contributed by atoms with Crippen LogP contribution in [0.3, 0.4) is 0 Å². The van der Waals surface area contributed by atoms with Crippen molar-refractivity contribution in [2.45, 2.75) is 75.9 Å². The summed E-state index contributed by atoms with van der Waals surface area (Å²) >= 11 is 0. The first-order valence-corrected chi connectivity index (χ1v) is 14.6. The van der Waals surface area contributed by atoms with Crippen molar-refractivity contribution in [1.29, 1.82) is 0 Å². The van der Waals surface area contributed by atoms with Crippen LogP contribution in [-0.4, -0.2) is 108 Å². The van der Waals surface area contributed by atoms with Crippen molar-refractivity contribution in [1.82, 2.24) is 14.7 Å². The minimum atomic E-state index is -4.63. The van der Waals surface area contributed by atoms with Gasteiger partial charge in [-0.1, -0.05) is 0 Å². The lowest BCUT2D eigenvalue weighted by Crippen LogP contribution is -2.63. The van der Waals surface area contributed by atoms with Gasteiger partial charge in [0.05, 0.1) is 18.6 Å². The number of alkyl halides is 3. The normalized spacial score (nSPS) is 29.4. The number of nitrogens with zero attached hydrogens (tertiary/aromatic N) is 4. The molecule has 0 unspecified atom stereocenters. The van der Waals surface area contributed by atoms with Gasteiger partial charge in [0.25, 0.3) is 5.91 Å². The average molecular weight is 585 g/mol. The molecule has 12 heteroatoms. The lowest BCUT2D eigenvalue weighted by molar-refractivity contribution is -0.177. The number of rotatable bonds is 7. The number of benzene rings is 1. The molecule has 3 aliphatic heterocycles. The highest BCUT2D eigenvalue weighted by Gasteiger charge is 2.56. The van der Waals surface area contributed by atoms with E-state index in [-0.39, 0.29) is 42.1 Å². The molecule has 3 saturated heterocycles. The Hall–Kier alpha value is -2.44. The number of aliphatic carboxylic acids is 1. The van der Waals surface area contributed by atoms with Crippen molar-refractivity contribution >= 4 is 17.6 Å². The number of anilines is 1. The van der Waals surface area contributed by atoms with Gasteiger partial charge in [0.15, 0.2) is 0 Å². The molecular formula is C29H40F4N4O4. The molecule has 41 heavy (non-hydrogen) atoms. The highest BCUT2D eigenvalue weighted by molar-refractivity contribution is 5.86. The van der Waals surface area contributed by atoms with Crippen LogP contribution >= 0.6 is 0 Å². The van der Waals surface area contributed by atoms with E-state index in [1.54, 1.807) is 9.80 Å². The van der Waals surface area contributed by atoms with Crippen LogP contribution in [0.25, 0.3) is 0 Å². The number of carboxylic acids is 1. The molecule has 5 rings (SSSR count). The fourth-order valence-corrected chi connectivity index (χ4v) is 7.00. The summed E-state index contributed by atoms with van der Waals surface area (Å²) in [6.45, 7) is 8.29. The maximum absolute atomic E-state index is 14.0. The summed E-state index contributed by atoms with van der Waals surface area (Å²) in [5, 5.41) is 9.17. The molecule has 1 N–H and O–H groups in total. The average Bonchev–Trinajstić information content (AvgIpc) is 3.78. The number of hydrogen-bond donors (Lipinski definition) is 1. The van der Waals surface area contributed by atoms with Crippen LogP contribution in [0.1, 0.15) is 51.5 Å². The van der Waals surface area contributed by atoms with E-state index in [4.69, 9.17) is 9.84 Å². The second kappa shape index (κ2) is 11.7. The molecule has 3 heterocycles. The molecule has 0 aromatic heterocycles. The third-order valence-electron chi connectivity index (χ3n) is 9.39. The van der Waals surface area contributed by atoms with Gasteiger partial charge in [-0.05, 0) is 63.6 Å². The Labute approximate surface area is 238 Å². The Balaban J connectivity index is 1.17. The van der Waals surface area contributed by atoms with Crippen LogP contribution in [0.15, 0.2) is 18.2 Å². The fourth-order valence-electron chi connectivity index (χ4n) is 7.00. The maximum atomic E-state index is 14.0. The van der Waals surface area contributed by atoms with Crippen LogP contribution in [0, 0.1) is 11.7 Å². The number of carbonyl (C=O) groups is 2. The smallest absolute Gasteiger partial charge is 0.416 e. The van der Waals surface area contributed by atoms with E-state index < -0.39 is 29.1 Å². The number of carbonyl (C=O) groups excluding carboxylic acids is 1. The van der Waals surface area contributed by atoms with Gasteiger partial charge >= 0.3 is 12.1 Å². The molecule has 4 atom stereocenters. The van der Waals surface area contributed by atoms with Gasteiger partial charge in [-0.15, -0.1) is 0 Å². The Bertz CT molecular complexity index is 1110. The van der Waals surface area contributed by atoms with Gasteiger partial charge in [0.1, 0.15) is 11.4 Å². The fraction of sp³-hybridized carbons (Fsp3) is 0.724. The van der Waals surface area contributed by atoms with Crippen molar-refractivity contribution in [3.05, 3.63) is 29.6 Å². The van der Waals surface area contributed by atoms with Gasteiger partial charge in [-0.25, -0.2) is 4.39 Å². The molecule has 8 nitrogen and oxygen atoms in total. The SMILES string of the molecule is C[C@@H](CC(=O)O)N1CCN([C@@H]2CC[C@@](C(=O)N3CCN(c4cc(F)cc(C(F)(F)F)c4)CC3)(C3CC3)OC2)C[C@@H]1C. The number of piperazine rings is 2. The van der Waals surface area contributed by atoms with Crippen molar-refractivity contribution in [3.8, 4) is 0 Å². The summed E-state index contributed by atoms with van der Waals surface area (Å²) in [7, 11) is 0. The lowest BCUT2D eigenvalue weighted by Gasteiger charge is -2.49. The molecule has 1 saturated carbocycles. The second-order valence-corrected chi connectivity index (χ2v) is 12.2. The number of amides is 1. The zero-order chi connectivity index (χ0) is 29.5. The first-order valence-electron chi connectivity index (χ1n) is 14.6. The highest BCUT2D eigenvalue weighted by Crippen LogP contribution is 2.48. The van der Waals surface area contributed by atoms with E-state index in [2.05, 4.69) is 16.7 Å². The van der Waals surface area contributed by atoms with E-state index >= 15 is 0 Å². The minimum Gasteiger partial charge on any atom is -0.481 e. The Morgan fingerprint density at radius 1 is 1.07 bits per heavy atom. The summed E-state index contributed by atoms with van der Waals surface area (Å²) in [5.41, 5.74) is -1.70. The monoisotopic (exact) mass is 584 g/mol. The summed E-state index contributed by atoms with van der Waals surface area (Å²) in [6.07, 6.45) is -1.17. The van der Waals surface area contributed by atoms with Crippen molar-refractivity contribution < 1.29 is 37.0 Å².